The number of benzene rings is 2. The average molecular weight is 597 g/mol. The number of carbonyl (C=O) groups is 3. The summed E-state index contributed by atoms with van der Waals surface area (Å²) < 4.78 is 3.75. The van der Waals surface area contributed by atoms with Crippen LogP contribution < -0.4 is 11.4 Å². The molecule has 1 saturated heterocycles. The number of fused-ring (bicyclic) bond motifs is 3. The van der Waals surface area contributed by atoms with Crippen molar-refractivity contribution >= 4 is 28.9 Å². The SMILES string of the molecule is NCCn1c(=O)n(CCCN2CCC3(CCc4ccccc43)CC2)c2ccccc21.O=C(O)CC(O)(CC(=O)O)C(=O)O. The van der Waals surface area contributed by atoms with Crippen LogP contribution in [0.1, 0.15) is 49.7 Å². The lowest BCUT2D eigenvalue weighted by atomic mass is 9.74. The fraction of sp³-hybridized carbons (Fsp3) is 0.484. The van der Waals surface area contributed by atoms with Gasteiger partial charge in [0.2, 0.25) is 0 Å². The smallest absolute Gasteiger partial charge is 0.336 e. The van der Waals surface area contributed by atoms with Crippen LogP contribution in [-0.4, -0.2) is 84.1 Å². The first-order valence-corrected chi connectivity index (χ1v) is 14.6. The third-order valence-electron chi connectivity index (χ3n) is 8.69. The Bertz CT molecular complexity index is 1500. The van der Waals surface area contributed by atoms with Crippen molar-refractivity contribution < 1.29 is 34.8 Å². The van der Waals surface area contributed by atoms with Crippen molar-refractivity contribution in [2.24, 2.45) is 5.73 Å². The molecule has 2 heterocycles. The van der Waals surface area contributed by atoms with Crippen LogP contribution in [0.15, 0.2) is 53.3 Å². The average Bonchev–Trinajstić information content (AvgIpc) is 3.45. The van der Waals surface area contributed by atoms with Gasteiger partial charge in [-0.2, -0.15) is 0 Å². The van der Waals surface area contributed by atoms with Crippen molar-refractivity contribution in [2.45, 2.75) is 69.1 Å². The van der Waals surface area contributed by atoms with Gasteiger partial charge in [0.1, 0.15) is 0 Å². The highest BCUT2D eigenvalue weighted by molar-refractivity contribution is 5.88. The van der Waals surface area contributed by atoms with E-state index < -0.39 is 36.4 Å². The first-order chi connectivity index (χ1) is 20.5. The number of aryl methyl sites for hydroxylation is 2. The number of imidazole rings is 1. The number of aliphatic hydroxyl groups is 1. The maximum absolute atomic E-state index is 12.9. The number of piperidine rings is 1. The van der Waals surface area contributed by atoms with Gasteiger partial charge in [-0.15, -0.1) is 0 Å². The van der Waals surface area contributed by atoms with E-state index in [9.17, 15) is 19.2 Å². The molecule has 1 aliphatic carbocycles. The molecule has 0 saturated carbocycles. The lowest BCUT2D eigenvalue weighted by molar-refractivity contribution is -0.170. The van der Waals surface area contributed by atoms with Crippen LogP contribution in [0.4, 0.5) is 0 Å². The monoisotopic (exact) mass is 596 g/mol. The molecule has 1 spiro atoms. The summed E-state index contributed by atoms with van der Waals surface area (Å²) in [6.45, 7) is 5.20. The summed E-state index contributed by atoms with van der Waals surface area (Å²) in [6.07, 6.45) is 3.80. The van der Waals surface area contributed by atoms with E-state index in [-0.39, 0.29) is 5.69 Å². The van der Waals surface area contributed by atoms with E-state index in [1.807, 2.05) is 33.4 Å². The highest BCUT2D eigenvalue weighted by atomic mass is 16.4. The topological polar surface area (TPSA) is 188 Å². The van der Waals surface area contributed by atoms with Gasteiger partial charge in [-0.05, 0) is 80.4 Å². The van der Waals surface area contributed by atoms with E-state index in [0.29, 0.717) is 18.5 Å². The second-order valence-electron chi connectivity index (χ2n) is 11.5. The first-order valence-electron chi connectivity index (χ1n) is 14.6. The minimum atomic E-state index is -2.74. The van der Waals surface area contributed by atoms with Gasteiger partial charge < -0.3 is 31.1 Å². The quantitative estimate of drug-likeness (QED) is 0.219. The Morgan fingerprint density at radius 2 is 1.37 bits per heavy atom. The zero-order chi connectivity index (χ0) is 31.2. The number of para-hydroxylation sites is 2. The van der Waals surface area contributed by atoms with Crippen LogP contribution >= 0.6 is 0 Å². The van der Waals surface area contributed by atoms with Crippen LogP contribution in [-0.2, 0) is 39.3 Å². The van der Waals surface area contributed by atoms with E-state index in [1.165, 1.54) is 25.7 Å². The molecular formula is C31H40N4O8. The molecule has 0 radical (unpaired) electrons. The highest BCUT2D eigenvalue weighted by Gasteiger charge is 2.41. The fourth-order valence-corrected chi connectivity index (χ4v) is 6.49. The largest absolute Gasteiger partial charge is 0.481 e. The van der Waals surface area contributed by atoms with E-state index >= 15 is 0 Å². The summed E-state index contributed by atoms with van der Waals surface area (Å²) in [6, 6.07) is 17.1. The summed E-state index contributed by atoms with van der Waals surface area (Å²) >= 11 is 0. The molecule has 2 aliphatic rings. The molecule has 12 heteroatoms. The molecule has 0 unspecified atom stereocenters. The maximum Gasteiger partial charge on any atom is 0.336 e. The van der Waals surface area contributed by atoms with Crippen molar-refractivity contribution in [3.05, 3.63) is 70.1 Å². The predicted octanol–water partition coefficient (Wildman–Crippen LogP) is 1.88. The molecule has 1 aliphatic heterocycles. The van der Waals surface area contributed by atoms with Gasteiger partial charge in [0.25, 0.3) is 0 Å². The van der Waals surface area contributed by atoms with Crippen molar-refractivity contribution in [1.29, 1.82) is 0 Å². The number of rotatable bonds is 11. The summed E-state index contributed by atoms with van der Waals surface area (Å²) in [5.74, 6) is -5.02. The van der Waals surface area contributed by atoms with Crippen molar-refractivity contribution in [1.82, 2.24) is 14.0 Å². The lowest BCUT2D eigenvalue weighted by Crippen LogP contribution is -2.42. The Morgan fingerprint density at radius 1 is 0.814 bits per heavy atom. The second kappa shape index (κ2) is 13.5. The number of nitrogens with zero attached hydrogens (tertiary/aromatic N) is 3. The number of aliphatic carboxylic acids is 3. The molecule has 0 bridgehead atoms. The zero-order valence-corrected chi connectivity index (χ0v) is 24.2. The highest BCUT2D eigenvalue weighted by Crippen LogP contribution is 2.46. The minimum Gasteiger partial charge on any atom is -0.481 e. The van der Waals surface area contributed by atoms with E-state index in [1.54, 1.807) is 11.1 Å². The Labute approximate surface area is 249 Å². The van der Waals surface area contributed by atoms with Gasteiger partial charge in [0.05, 0.1) is 23.9 Å². The summed E-state index contributed by atoms with van der Waals surface area (Å²) in [5.41, 5.74) is 8.68. The van der Waals surface area contributed by atoms with Crippen LogP contribution in [0.2, 0.25) is 0 Å². The van der Waals surface area contributed by atoms with Crippen LogP contribution in [0.5, 0.6) is 0 Å². The molecule has 1 aromatic heterocycles. The third-order valence-corrected chi connectivity index (χ3v) is 8.69. The first kappa shape index (κ1) is 31.9. The van der Waals surface area contributed by atoms with Gasteiger partial charge in [0, 0.05) is 19.6 Å². The van der Waals surface area contributed by atoms with E-state index in [0.717, 1.165) is 43.6 Å². The number of likely N-dealkylation sites (tertiary alicyclic amines) is 1. The van der Waals surface area contributed by atoms with Crippen molar-refractivity contribution in [2.75, 3.05) is 26.2 Å². The van der Waals surface area contributed by atoms with Gasteiger partial charge in [-0.3, -0.25) is 18.7 Å². The Balaban J connectivity index is 0.000000277. The number of hydrogen-bond donors (Lipinski definition) is 5. The lowest BCUT2D eigenvalue weighted by Gasteiger charge is -2.40. The molecule has 5 rings (SSSR count). The summed E-state index contributed by atoms with van der Waals surface area (Å²) in [5, 5.41) is 33.8. The normalized spacial score (nSPS) is 16.0. The van der Waals surface area contributed by atoms with Crippen LogP contribution in [0, 0.1) is 0 Å². The van der Waals surface area contributed by atoms with Gasteiger partial charge in [0.15, 0.2) is 5.60 Å². The number of nitrogens with two attached hydrogens (primary N) is 1. The number of carboxylic acids is 3. The molecule has 6 N–H and O–H groups in total. The van der Waals surface area contributed by atoms with E-state index in [4.69, 9.17) is 26.2 Å². The molecule has 1 fully saturated rings. The van der Waals surface area contributed by atoms with Gasteiger partial charge in [-0.1, -0.05) is 36.4 Å². The molecule has 2 aromatic carbocycles. The molecule has 12 nitrogen and oxygen atoms in total. The Hall–Kier alpha value is -4.00. The summed E-state index contributed by atoms with van der Waals surface area (Å²) in [7, 11) is 0. The Kier molecular flexibility index (Phi) is 10.0. The van der Waals surface area contributed by atoms with Crippen LogP contribution in [0.25, 0.3) is 11.0 Å². The van der Waals surface area contributed by atoms with Gasteiger partial charge >= 0.3 is 23.6 Å². The molecule has 43 heavy (non-hydrogen) atoms. The zero-order valence-electron chi connectivity index (χ0n) is 24.2. The fourth-order valence-electron chi connectivity index (χ4n) is 6.49. The second-order valence-corrected chi connectivity index (χ2v) is 11.5. The van der Waals surface area contributed by atoms with Crippen LogP contribution in [0.3, 0.4) is 0 Å². The maximum atomic E-state index is 12.9. The van der Waals surface area contributed by atoms with Gasteiger partial charge in [-0.25, -0.2) is 9.59 Å². The molecule has 0 atom stereocenters. The molecule has 0 amide bonds. The number of hydrogen-bond acceptors (Lipinski definition) is 7. The summed E-state index contributed by atoms with van der Waals surface area (Å²) in [4.78, 5) is 46.0. The molecule has 3 aromatic rings. The van der Waals surface area contributed by atoms with E-state index in [2.05, 4.69) is 29.2 Å². The standard InChI is InChI=1S/C25H32N4O.C6H8O7/c26-14-19-29-23-9-4-3-8-22(23)28(24(29)30)16-5-15-27-17-12-25(13-18-27)11-10-20-6-1-2-7-21(20)25;7-3(8)1-6(13,5(11)12)2-4(9)10/h1-4,6-9H,5,10-19,26H2;13H,1-2H2,(H,7,8)(H,9,10)(H,11,12). The van der Waals surface area contributed by atoms with Crippen molar-refractivity contribution in [3.8, 4) is 0 Å². The molecular weight excluding hydrogens is 556 g/mol. The molecule has 232 valence electrons. The third kappa shape index (κ3) is 7.15. The van der Waals surface area contributed by atoms with Crippen molar-refractivity contribution in [3.63, 3.8) is 0 Å². The number of aromatic nitrogens is 2. The number of carboxylic acid groups (broad SMARTS) is 3. The Morgan fingerprint density at radius 3 is 1.93 bits per heavy atom. The minimum absolute atomic E-state index is 0.0711. The predicted molar refractivity (Wildman–Crippen MR) is 159 cm³/mol.